The van der Waals surface area contributed by atoms with E-state index in [1.807, 2.05) is 0 Å². The van der Waals surface area contributed by atoms with Crippen LogP contribution in [0.2, 0.25) is 0 Å². The number of urea groups is 1. The summed E-state index contributed by atoms with van der Waals surface area (Å²) in [5.74, 6) is -3.15. The lowest BCUT2D eigenvalue weighted by atomic mass is 9.80. The fourth-order valence-electron chi connectivity index (χ4n) is 3.62. The van der Waals surface area contributed by atoms with Crippen LogP contribution in [-0.2, 0) is 15.1 Å². The summed E-state index contributed by atoms with van der Waals surface area (Å²) in [5, 5.41) is 7.32. The summed E-state index contributed by atoms with van der Waals surface area (Å²) in [6, 6.07) is 5.74. The van der Waals surface area contributed by atoms with Crippen LogP contribution in [0.3, 0.4) is 0 Å². The number of rotatable bonds is 3. The van der Waals surface area contributed by atoms with E-state index in [1.165, 1.54) is 13.0 Å². The van der Waals surface area contributed by atoms with E-state index in [0.29, 0.717) is 24.1 Å². The van der Waals surface area contributed by atoms with Gasteiger partial charge in [0.1, 0.15) is 5.54 Å². The zero-order valence-electron chi connectivity index (χ0n) is 14.7. The third-order valence-corrected chi connectivity index (χ3v) is 5.26. The highest BCUT2D eigenvalue weighted by atomic mass is 19.4. The van der Waals surface area contributed by atoms with Crippen LogP contribution in [0.25, 0.3) is 0 Å². The molecule has 1 saturated carbocycles. The number of hydrogen-bond donors (Lipinski definition) is 3. The predicted octanol–water partition coefficient (Wildman–Crippen LogP) is 3.05. The second-order valence-corrected chi connectivity index (χ2v) is 7.21. The van der Waals surface area contributed by atoms with E-state index in [1.54, 1.807) is 18.2 Å². The summed E-state index contributed by atoms with van der Waals surface area (Å²) in [6.45, 7) is 1.53. The van der Waals surface area contributed by atoms with Gasteiger partial charge in [-0.2, -0.15) is 13.2 Å². The Labute approximate surface area is 153 Å². The van der Waals surface area contributed by atoms with Crippen molar-refractivity contribution in [3.63, 3.8) is 0 Å². The molecular weight excluding hydrogens is 363 g/mol. The van der Waals surface area contributed by atoms with Crippen LogP contribution in [0.15, 0.2) is 24.3 Å². The Kier molecular flexibility index (Phi) is 4.88. The topological polar surface area (TPSA) is 87.3 Å². The SMILES string of the molecule is CC1(c2cccc(NC(=O)C3CCCC(C(F)(F)F)C3)c2)NC(=O)NC1=O. The van der Waals surface area contributed by atoms with Crippen molar-refractivity contribution in [2.75, 3.05) is 5.32 Å². The van der Waals surface area contributed by atoms with E-state index in [-0.39, 0.29) is 12.8 Å². The molecule has 1 aliphatic heterocycles. The standard InChI is InChI=1S/C18H20F3N3O3/c1-17(15(26)23-16(27)24-17)11-5-3-7-13(9-11)22-14(25)10-4-2-6-12(8-10)18(19,20)21/h3,5,7,9-10,12H,2,4,6,8H2,1H3,(H,22,25)(H2,23,24,26,27). The molecule has 0 spiro atoms. The Morgan fingerprint density at radius 3 is 2.63 bits per heavy atom. The normalized spacial score (nSPS) is 28.4. The van der Waals surface area contributed by atoms with E-state index in [4.69, 9.17) is 0 Å². The molecule has 2 aliphatic rings. The molecule has 3 unspecified atom stereocenters. The molecule has 1 aromatic carbocycles. The molecule has 3 rings (SSSR count). The van der Waals surface area contributed by atoms with E-state index in [2.05, 4.69) is 16.0 Å². The van der Waals surface area contributed by atoms with Crippen LogP contribution in [0.4, 0.5) is 23.7 Å². The van der Waals surface area contributed by atoms with Crippen LogP contribution in [-0.4, -0.2) is 24.0 Å². The molecule has 27 heavy (non-hydrogen) atoms. The van der Waals surface area contributed by atoms with Gasteiger partial charge in [0.15, 0.2) is 0 Å². The summed E-state index contributed by atoms with van der Waals surface area (Å²) in [5.41, 5.74) is -0.452. The summed E-state index contributed by atoms with van der Waals surface area (Å²) >= 11 is 0. The highest BCUT2D eigenvalue weighted by molar-refractivity contribution is 6.07. The first-order chi connectivity index (χ1) is 12.6. The Bertz CT molecular complexity index is 781. The number of benzene rings is 1. The van der Waals surface area contributed by atoms with Gasteiger partial charge in [0.2, 0.25) is 5.91 Å². The zero-order chi connectivity index (χ0) is 19.8. The zero-order valence-corrected chi connectivity index (χ0v) is 14.7. The van der Waals surface area contributed by atoms with Gasteiger partial charge in [-0.25, -0.2) is 4.79 Å². The number of imide groups is 1. The van der Waals surface area contributed by atoms with Gasteiger partial charge in [-0.1, -0.05) is 18.6 Å². The van der Waals surface area contributed by atoms with Crippen molar-refractivity contribution in [1.82, 2.24) is 10.6 Å². The lowest BCUT2D eigenvalue weighted by Crippen LogP contribution is -2.40. The first kappa shape index (κ1) is 19.2. The predicted molar refractivity (Wildman–Crippen MR) is 90.6 cm³/mol. The number of anilines is 1. The molecule has 1 heterocycles. The molecule has 4 amide bonds. The average molecular weight is 383 g/mol. The van der Waals surface area contributed by atoms with Gasteiger partial charge in [-0.15, -0.1) is 0 Å². The van der Waals surface area contributed by atoms with Crippen LogP contribution in [0.5, 0.6) is 0 Å². The number of halogens is 3. The molecule has 9 heteroatoms. The lowest BCUT2D eigenvalue weighted by molar-refractivity contribution is -0.185. The fourth-order valence-corrected chi connectivity index (χ4v) is 3.62. The maximum atomic E-state index is 12.9. The highest BCUT2D eigenvalue weighted by Gasteiger charge is 2.44. The van der Waals surface area contributed by atoms with Gasteiger partial charge in [0.25, 0.3) is 5.91 Å². The maximum Gasteiger partial charge on any atom is 0.391 e. The van der Waals surface area contributed by atoms with Crippen molar-refractivity contribution >= 4 is 23.5 Å². The smallest absolute Gasteiger partial charge is 0.326 e. The van der Waals surface area contributed by atoms with Crippen LogP contribution >= 0.6 is 0 Å². The second-order valence-electron chi connectivity index (χ2n) is 7.21. The Morgan fingerprint density at radius 1 is 1.26 bits per heavy atom. The number of hydrogen-bond acceptors (Lipinski definition) is 3. The van der Waals surface area contributed by atoms with Gasteiger partial charge in [0.05, 0.1) is 5.92 Å². The molecular formula is C18H20F3N3O3. The molecule has 3 N–H and O–H groups in total. The Morgan fingerprint density at radius 2 is 2.00 bits per heavy atom. The van der Waals surface area contributed by atoms with Crippen LogP contribution in [0, 0.1) is 11.8 Å². The van der Waals surface area contributed by atoms with Gasteiger partial charge in [-0.05, 0) is 43.9 Å². The average Bonchev–Trinajstić information content (AvgIpc) is 2.87. The third kappa shape index (κ3) is 3.91. The van der Waals surface area contributed by atoms with Crippen molar-refractivity contribution < 1.29 is 27.6 Å². The van der Waals surface area contributed by atoms with E-state index in [0.717, 1.165) is 0 Å². The first-order valence-electron chi connectivity index (χ1n) is 8.71. The molecule has 146 valence electrons. The Hall–Kier alpha value is -2.58. The van der Waals surface area contributed by atoms with E-state index < -0.39 is 41.4 Å². The third-order valence-electron chi connectivity index (χ3n) is 5.26. The second kappa shape index (κ2) is 6.86. The van der Waals surface area contributed by atoms with Crippen LogP contribution in [0.1, 0.15) is 38.2 Å². The van der Waals surface area contributed by atoms with E-state index >= 15 is 0 Å². The largest absolute Gasteiger partial charge is 0.391 e. The number of carbonyl (C=O) groups excluding carboxylic acids is 3. The highest BCUT2D eigenvalue weighted by Crippen LogP contribution is 2.40. The minimum absolute atomic E-state index is 0.0515. The molecule has 1 aromatic rings. The van der Waals surface area contributed by atoms with Crippen molar-refractivity contribution in [3.05, 3.63) is 29.8 Å². The minimum Gasteiger partial charge on any atom is -0.326 e. The molecule has 6 nitrogen and oxygen atoms in total. The quantitative estimate of drug-likeness (QED) is 0.701. The molecule has 0 aromatic heterocycles. The summed E-state index contributed by atoms with van der Waals surface area (Å²) < 4.78 is 38.8. The molecule has 3 atom stereocenters. The number of nitrogens with one attached hydrogen (secondary N) is 3. The molecule has 1 aliphatic carbocycles. The van der Waals surface area contributed by atoms with Gasteiger partial charge < -0.3 is 10.6 Å². The molecule has 0 radical (unpaired) electrons. The van der Waals surface area contributed by atoms with Gasteiger partial charge in [-0.3, -0.25) is 14.9 Å². The number of alkyl halides is 3. The first-order valence-corrected chi connectivity index (χ1v) is 8.71. The van der Waals surface area contributed by atoms with E-state index in [9.17, 15) is 27.6 Å². The molecule has 0 bridgehead atoms. The molecule has 1 saturated heterocycles. The van der Waals surface area contributed by atoms with Gasteiger partial charge in [0, 0.05) is 11.6 Å². The maximum absolute atomic E-state index is 12.9. The van der Waals surface area contributed by atoms with Crippen molar-refractivity contribution in [1.29, 1.82) is 0 Å². The minimum atomic E-state index is -4.29. The summed E-state index contributed by atoms with van der Waals surface area (Å²) in [6.07, 6.45) is -3.69. The van der Waals surface area contributed by atoms with Crippen molar-refractivity contribution in [2.45, 2.75) is 44.3 Å². The summed E-state index contributed by atoms with van der Waals surface area (Å²) in [7, 11) is 0. The fraction of sp³-hybridized carbons (Fsp3) is 0.500. The van der Waals surface area contributed by atoms with Crippen molar-refractivity contribution in [3.8, 4) is 0 Å². The summed E-state index contributed by atoms with van der Waals surface area (Å²) in [4.78, 5) is 35.9. The monoisotopic (exact) mass is 383 g/mol. The van der Waals surface area contributed by atoms with Crippen molar-refractivity contribution in [2.24, 2.45) is 11.8 Å². The Balaban J connectivity index is 1.72. The number of carbonyl (C=O) groups is 3. The lowest BCUT2D eigenvalue weighted by Gasteiger charge is -2.29. The van der Waals surface area contributed by atoms with Crippen LogP contribution < -0.4 is 16.0 Å². The number of amides is 4. The van der Waals surface area contributed by atoms with Gasteiger partial charge >= 0.3 is 12.2 Å². The molecule has 2 fully saturated rings.